The fourth-order valence-electron chi connectivity index (χ4n) is 2.29. The Hall–Kier alpha value is -1.31. The molecule has 3 heterocycles. The molecule has 0 aromatic carbocycles. The van der Waals surface area contributed by atoms with Crippen LogP contribution in [0.15, 0.2) is 29.0 Å². The molecule has 3 rings (SSSR count). The maximum Gasteiger partial charge on any atom is 0.125 e. The smallest absolute Gasteiger partial charge is 0.125 e. The molecule has 1 aliphatic heterocycles. The van der Waals surface area contributed by atoms with Crippen molar-refractivity contribution in [2.75, 3.05) is 24.6 Å². The van der Waals surface area contributed by atoms with Crippen LogP contribution in [0, 0.1) is 0 Å². The molecule has 0 spiro atoms. The number of ether oxygens (including phenoxy) is 1. The highest BCUT2D eigenvalue weighted by atomic mass is 79.9. The maximum atomic E-state index is 5.69. The first-order chi connectivity index (χ1) is 9.65. The van der Waals surface area contributed by atoms with E-state index in [1.165, 1.54) is 0 Å². The van der Waals surface area contributed by atoms with Crippen LogP contribution in [0.5, 0.6) is 0 Å². The number of nitrogens with zero attached hydrogens (tertiary/aromatic N) is 3. The first-order valence-electron chi connectivity index (χ1n) is 6.21. The minimum Gasteiger partial charge on any atom is -0.391 e. The van der Waals surface area contributed by atoms with Gasteiger partial charge in [0.2, 0.25) is 0 Å². The highest BCUT2D eigenvalue weighted by molar-refractivity contribution is 9.10. The van der Waals surface area contributed by atoms with Crippen LogP contribution in [0.1, 0.15) is 0 Å². The van der Waals surface area contributed by atoms with E-state index in [1.807, 2.05) is 12.1 Å². The highest BCUT2D eigenvalue weighted by Crippen LogP contribution is 2.26. The molecular formula is C13H13BrN4OS. The van der Waals surface area contributed by atoms with Gasteiger partial charge in [-0.15, -0.1) is 0 Å². The molecule has 20 heavy (non-hydrogen) atoms. The topological polar surface area (TPSA) is 64.3 Å². The molecule has 1 aliphatic rings. The summed E-state index contributed by atoms with van der Waals surface area (Å²) in [6.45, 7) is 2.03. The zero-order valence-electron chi connectivity index (χ0n) is 10.6. The Morgan fingerprint density at radius 2 is 2.35 bits per heavy atom. The number of pyridine rings is 2. The summed E-state index contributed by atoms with van der Waals surface area (Å²) in [6, 6.07) is 3.92. The van der Waals surface area contributed by atoms with Crippen molar-refractivity contribution in [1.82, 2.24) is 9.97 Å². The molecule has 0 radical (unpaired) electrons. The maximum absolute atomic E-state index is 5.69. The summed E-state index contributed by atoms with van der Waals surface area (Å²) in [5, 5.41) is 0. The standard InChI is InChI=1S/C13H13BrN4OS/c14-8-5-9-12(17-6-8)10(1-2-16-9)18-3-4-19-11(7-18)13(15)20/h1-2,5-6,11H,3-4,7H2,(H2,15,20). The summed E-state index contributed by atoms with van der Waals surface area (Å²) < 4.78 is 6.49. The quantitative estimate of drug-likeness (QED) is 0.832. The lowest BCUT2D eigenvalue weighted by atomic mass is 10.2. The van der Waals surface area contributed by atoms with Crippen LogP contribution in [-0.2, 0) is 4.74 Å². The Balaban J connectivity index is 1.99. The lowest BCUT2D eigenvalue weighted by Crippen LogP contribution is -2.48. The number of morpholine rings is 1. The van der Waals surface area contributed by atoms with E-state index < -0.39 is 0 Å². The van der Waals surface area contributed by atoms with Gasteiger partial charge in [0.1, 0.15) is 16.6 Å². The van der Waals surface area contributed by atoms with E-state index >= 15 is 0 Å². The molecule has 7 heteroatoms. The van der Waals surface area contributed by atoms with Crippen LogP contribution in [0.2, 0.25) is 0 Å². The third-order valence-corrected chi connectivity index (χ3v) is 3.94. The minimum atomic E-state index is -0.211. The predicted octanol–water partition coefficient (Wildman–Crippen LogP) is 1.88. The third-order valence-electron chi connectivity index (χ3n) is 3.25. The molecule has 5 nitrogen and oxygen atoms in total. The van der Waals surface area contributed by atoms with Gasteiger partial charge in [-0.1, -0.05) is 12.2 Å². The highest BCUT2D eigenvalue weighted by Gasteiger charge is 2.24. The van der Waals surface area contributed by atoms with Crippen molar-refractivity contribution in [2.45, 2.75) is 6.10 Å². The van der Waals surface area contributed by atoms with Crippen LogP contribution < -0.4 is 10.6 Å². The molecule has 2 aromatic rings. The monoisotopic (exact) mass is 352 g/mol. The fourth-order valence-corrected chi connectivity index (χ4v) is 2.75. The summed E-state index contributed by atoms with van der Waals surface area (Å²) in [7, 11) is 0. The number of thiocarbonyl (C=S) groups is 1. The first kappa shape index (κ1) is 13.7. The van der Waals surface area contributed by atoms with Crippen molar-refractivity contribution < 1.29 is 4.74 Å². The fraction of sp³-hybridized carbons (Fsp3) is 0.308. The van der Waals surface area contributed by atoms with E-state index in [9.17, 15) is 0 Å². The van der Waals surface area contributed by atoms with E-state index in [2.05, 4.69) is 30.8 Å². The molecule has 2 N–H and O–H groups in total. The minimum absolute atomic E-state index is 0.211. The zero-order valence-corrected chi connectivity index (χ0v) is 13.0. The SMILES string of the molecule is NC(=S)C1CN(c2ccnc3cc(Br)cnc23)CCO1. The number of anilines is 1. The first-order valence-corrected chi connectivity index (χ1v) is 7.41. The Bertz CT molecular complexity index is 666. The second-order valence-electron chi connectivity index (χ2n) is 4.56. The predicted molar refractivity (Wildman–Crippen MR) is 86.0 cm³/mol. The summed E-state index contributed by atoms with van der Waals surface area (Å²) in [5.74, 6) is 0. The summed E-state index contributed by atoms with van der Waals surface area (Å²) >= 11 is 8.44. The molecule has 1 unspecified atom stereocenters. The van der Waals surface area contributed by atoms with Crippen LogP contribution in [0.3, 0.4) is 0 Å². The van der Waals surface area contributed by atoms with Crippen LogP contribution in [0.25, 0.3) is 11.0 Å². The largest absolute Gasteiger partial charge is 0.391 e. The van der Waals surface area contributed by atoms with Gasteiger partial charge in [-0.2, -0.15) is 0 Å². The van der Waals surface area contributed by atoms with Crippen molar-refractivity contribution in [3.8, 4) is 0 Å². The summed E-state index contributed by atoms with van der Waals surface area (Å²) in [5.41, 5.74) is 8.45. The van der Waals surface area contributed by atoms with Crippen molar-refractivity contribution in [1.29, 1.82) is 0 Å². The zero-order chi connectivity index (χ0) is 14.1. The van der Waals surface area contributed by atoms with Gasteiger partial charge in [0.05, 0.1) is 24.4 Å². The lowest BCUT2D eigenvalue weighted by Gasteiger charge is -2.34. The van der Waals surface area contributed by atoms with Crippen LogP contribution in [0.4, 0.5) is 5.69 Å². The van der Waals surface area contributed by atoms with E-state index in [4.69, 9.17) is 22.7 Å². The molecule has 0 saturated carbocycles. The second-order valence-corrected chi connectivity index (χ2v) is 5.95. The van der Waals surface area contributed by atoms with Gasteiger partial charge in [-0.05, 0) is 28.1 Å². The molecule has 1 saturated heterocycles. The van der Waals surface area contributed by atoms with Crippen molar-refractivity contribution in [2.24, 2.45) is 5.73 Å². The van der Waals surface area contributed by atoms with Crippen LogP contribution >= 0.6 is 28.1 Å². The van der Waals surface area contributed by atoms with Crippen molar-refractivity contribution in [3.63, 3.8) is 0 Å². The van der Waals surface area contributed by atoms with E-state index in [0.29, 0.717) is 18.1 Å². The number of halogens is 1. The Morgan fingerprint density at radius 1 is 1.50 bits per heavy atom. The van der Waals surface area contributed by atoms with E-state index in [1.54, 1.807) is 12.4 Å². The van der Waals surface area contributed by atoms with Gasteiger partial charge < -0.3 is 15.4 Å². The van der Waals surface area contributed by atoms with Gasteiger partial charge >= 0.3 is 0 Å². The Morgan fingerprint density at radius 3 is 3.15 bits per heavy atom. The van der Waals surface area contributed by atoms with Crippen LogP contribution in [-0.4, -0.2) is 40.8 Å². The molecule has 1 atom stereocenters. The molecule has 104 valence electrons. The van der Waals surface area contributed by atoms with Gasteiger partial charge in [-0.3, -0.25) is 9.97 Å². The van der Waals surface area contributed by atoms with Crippen molar-refractivity contribution in [3.05, 3.63) is 29.0 Å². The molecule has 0 amide bonds. The Labute approximate surface area is 130 Å². The molecule has 2 aromatic heterocycles. The number of hydrogen-bond acceptors (Lipinski definition) is 5. The third kappa shape index (κ3) is 2.61. The number of aromatic nitrogens is 2. The number of nitrogens with two attached hydrogens (primary N) is 1. The Kier molecular flexibility index (Phi) is 3.82. The average Bonchev–Trinajstić information content (AvgIpc) is 2.46. The second kappa shape index (κ2) is 5.59. The number of fused-ring (bicyclic) bond motifs is 1. The molecule has 0 bridgehead atoms. The van der Waals surface area contributed by atoms with Gasteiger partial charge in [-0.25, -0.2) is 0 Å². The number of rotatable bonds is 2. The van der Waals surface area contributed by atoms with Gasteiger partial charge in [0.25, 0.3) is 0 Å². The number of hydrogen-bond donors (Lipinski definition) is 1. The average molecular weight is 353 g/mol. The van der Waals surface area contributed by atoms with Gasteiger partial charge in [0.15, 0.2) is 0 Å². The molecule has 1 fully saturated rings. The van der Waals surface area contributed by atoms with E-state index in [-0.39, 0.29) is 6.10 Å². The lowest BCUT2D eigenvalue weighted by molar-refractivity contribution is 0.0848. The summed E-state index contributed by atoms with van der Waals surface area (Å²) in [6.07, 6.45) is 3.35. The van der Waals surface area contributed by atoms with E-state index in [0.717, 1.165) is 27.7 Å². The summed E-state index contributed by atoms with van der Waals surface area (Å²) in [4.78, 5) is 11.4. The van der Waals surface area contributed by atoms with Gasteiger partial charge in [0, 0.05) is 23.4 Å². The normalized spacial score (nSPS) is 19.2. The van der Waals surface area contributed by atoms with Crippen molar-refractivity contribution >= 4 is 49.9 Å². The molecular weight excluding hydrogens is 340 g/mol. The molecule has 0 aliphatic carbocycles.